The molecular weight excluding hydrogens is 230 g/mol. The van der Waals surface area contributed by atoms with Crippen LogP contribution in [0.3, 0.4) is 0 Å². The highest BCUT2D eigenvalue weighted by atomic mass is 16.6. The van der Waals surface area contributed by atoms with Crippen LogP contribution >= 0.6 is 0 Å². The van der Waals surface area contributed by atoms with Gasteiger partial charge >= 0.3 is 0 Å². The summed E-state index contributed by atoms with van der Waals surface area (Å²) in [7, 11) is 0. The van der Waals surface area contributed by atoms with E-state index in [9.17, 15) is 10.1 Å². The zero-order chi connectivity index (χ0) is 13.2. The highest BCUT2D eigenvalue weighted by Gasteiger charge is 2.28. The Morgan fingerprint density at radius 3 is 2.72 bits per heavy atom. The van der Waals surface area contributed by atoms with Crippen molar-refractivity contribution in [3.8, 4) is 0 Å². The summed E-state index contributed by atoms with van der Waals surface area (Å²) in [6, 6.07) is 1.75. The number of anilines is 1. The highest BCUT2D eigenvalue weighted by molar-refractivity contribution is 5.46. The molecule has 0 spiro atoms. The number of aryl methyl sites for hydroxylation is 1. The van der Waals surface area contributed by atoms with Gasteiger partial charge in [-0.25, -0.2) is 4.98 Å². The molecule has 0 unspecified atom stereocenters. The number of hydrogen-bond acceptors (Lipinski definition) is 4. The average molecular weight is 249 g/mol. The third-order valence-electron chi connectivity index (χ3n) is 3.79. The molecule has 1 N–H and O–H groups in total. The molecule has 0 amide bonds. The zero-order valence-electron chi connectivity index (χ0n) is 10.9. The van der Waals surface area contributed by atoms with Gasteiger partial charge in [0.05, 0.1) is 4.92 Å². The Morgan fingerprint density at radius 2 is 2.17 bits per heavy atom. The molecular formula is C13H19N3O2. The Balaban J connectivity index is 2.02. The number of rotatable bonds is 4. The molecule has 0 aromatic carbocycles. The molecule has 0 radical (unpaired) electrons. The second-order valence-corrected chi connectivity index (χ2v) is 5.48. The fourth-order valence-electron chi connectivity index (χ4n) is 2.55. The minimum Gasteiger partial charge on any atom is -0.370 e. The number of nitro groups is 1. The van der Waals surface area contributed by atoms with E-state index < -0.39 is 4.92 Å². The quantitative estimate of drug-likeness (QED) is 0.656. The van der Waals surface area contributed by atoms with Crippen LogP contribution < -0.4 is 5.32 Å². The van der Waals surface area contributed by atoms with Gasteiger partial charge in [-0.3, -0.25) is 10.1 Å². The van der Waals surface area contributed by atoms with Gasteiger partial charge in [0.1, 0.15) is 12.0 Å². The highest BCUT2D eigenvalue weighted by Crippen LogP contribution is 2.37. The average Bonchev–Trinajstić information content (AvgIpc) is 2.74. The lowest BCUT2D eigenvalue weighted by Gasteiger charge is -2.24. The fourth-order valence-corrected chi connectivity index (χ4v) is 2.55. The van der Waals surface area contributed by atoms with Gasteiger partial charge in [0.25, 0.3) is 5.69 Å². The summed E-state index contributed by atoms with van der Waals surface area (Å²) < 4.78 is 0. The van der Waals surface area contributed by atoms with E-state index in [2.05, 4.69) is 17.2 Å². The molecule has 1 fully saturated rings. The SMILES string of the molecule is Cc1cc(NCC2(C)CCCC2)ncc1[N+](=O)[O-]. The Hall–Kier alpha value is -1.65. The van der Waals surface area contributed by atoms with Crippen molar-refractivity contribution in [3.05, 3.63) is 27.9 Å². The third-order valence-corrected chi connectivity index (χ3v) is 3.79. The second-order valence-electron chi connectivity index (χ2n) is 5.48. The monoisotopic (exact) mass is 249 g/mol. The molecule has 18 heavy (non-hydrogen) atoms. The molecule has 0 bridgehead atoms. The number of nitrogens with zero attached hydrogens (tertiary/aromatic N) is 2. The van der Waals surface area contributed by atoms with E-state index in [1.54, 1.807) is 13.0 Å². The molecule has 1 heterocycles. The molecule has 1 aliphatic rings. The van der Waals surface area contributed by atoms with E-state index in [0.29, 0.717) is 11.0 Å². The van der Waals surface area contributed by atoms with Crippen LogP contribution in [0.25, 0.3) is 0 Å². The van der Waals surface area contributed by atoms with Crippen LogP contribution in [0.5, 0.6) is 0 Å². The maximum absolute atomic E-state index is 10.7. The summed E-state index contributed by atoms with van der Waals surface area (Å²) in [5.41, 5.74) is 1.07. The predicted octanol–water partition coefficient (Wildman–Crippen LogP) is 3.29. The molecule has 1 saturated carbocycles. The molecule has 1 aromatic rings. The van der Waals surface area contributed by atoms with Crippen molar-refractivity contribution in [2.24, 2.45) is 5.41 Å². The largest absolute Gasteiger partial charge is 0.370 e. The van der Waals surface area contributed by atoms with Gasteiger partial charge < -0.3 is 5.32 Å². The van der Waals surface area contributed by atoms with Crippen molar-refractivity contribution >= 4 is 11.5 Å². The smallest absolute Gasteiger partial charge is 0.290 e. The lowest BCUT2D eigenvalue weighted by Crippen LogP contribution is -2.23. The van der Waals surface area contributed by atoms with Crippen LogP contribution in [0.2, 0.25) is 0 Å². The topological polar surface area (TPSA) is 68.1 Å². The summed E-state index contributed by atoms with van der Waals surface area (Å²) >= 11 is 0. The molecule has 5 heteroatoms. The van der Waals surface area contributed by atoms with Crippen molar-refractivity contribution in [2.45, 2.75) is 39.5 Å². The summed E-state index contributed by atoms with van der Waals surface area (Å²) in [6.07, 6.45) is 6.41. The second kappa shape index (κ2) is 4.92. The van der Waals surface area contributed by atoms with Gasteiger partial charge in [-0.1, -0.05) is 19.8 Å². The number of aromatic nitrogens is 1. The predicted molar refractivity (Wildman–Crippen MR) is 70.7 cm³/mol. The normalized spacial score (nSPS) is 17.7. The number of hydrogen-bond donors (Lipinski definition) is 1. The minimum absolute atomic E-state index is 0.0765. The summed E-state index contributed by atoms with van der Waals surface area (Å²) in [6.45, 7) is 4.91. The van der Waals surface area contributed by atoms with Gasteiger partial charge in [0.2, 0.25) is 0 Å². The first-order valence-electron chi connectivity index (χ1n) is 6.35. The van der Waals surface area contributed by atoms with E-state index >= 15 is 0 Å². The van der Waals surface area contributed by atoms with Crippen LogP contribution in [-0.2, 0) is 0 Å². The first-order valence-corrected chi connectivity index (χ1v) is 6.35. The van der Waals surface area contributed by atoms with Crippen LogP contribution in [0, 0.1) is 22.5 Å². The summed E-state index contributed by atoms with van der Waals surface area (Å²) in [5, 5.41) is 14.0. The van der Waals surface area contributed by atoms with Gasteiger partial charge in [-0.2, -0.15) is 0 Å². The van der Waals surface area contributed by atoms with E-state index in [1.165, 1.54) is 31.9 Å². The minimum atomic E-state index is -0.398. The Morgan fingerprint density at radius 1 is 1.50 bits per heavy atom. The van der Waals surface area contributed by atoms with Crippen molar-refractivity contribution in [1.82, 2.24) is 4.98 Å². The molecule has 0 aliphatic heterocycles. The summed E-state index contributed by atoms with van der Waals surface area (Å²) in [5.74, 6) is 0.728. The maximum Gasteiger partial charge on any atom is 0.290 e. The maximum atomic E-state index is 10.7. The van der Waals surface area contributed by atoms with Crippen LogP contribution in [0.1, 0.15) is 38.2 Å². The molecule has 1 aromatic heterocycles. The molecule has 98 valence electrons. The van der Waals surface area contributed by atoms with Crippen molar-refractivity contribution in [3.63, 3.8) is 0 Å². The van der Waals surface area contributed by atoms with E-state index in [1.807, 2.05) is 0 Å². The first-order chi connectivity index (χ1) is 8.50. The van der Waals surface area contributed by atoms with Crippen molar-refractivity contribution in [1.29, 1.82) is 0 Å². The van der Waals surface area contributed by atoms with Gasteiger partial charge in [-0.15, -0.1) is 0 Å². The molecule has 2 rings (SSSR count). The Kier molecular flexibility index (Phi) is 3.50. The third kappa shape index (κ3) is 2.78. The first kappa shape index (κ1) is 12.8. The lowest BCUT2D eigenvalue weighted by molar-refractivity contribution is -0.385. The Labute approximate surface area is 107 Å². The molecule has 0 saturated heterocycles. The van der Waals surface area contributed by atoms with E-state index in [-0.39, 0.29) is 5.69 Å². The molecule has 0 atom stereocenters. The van der Waals surface area contributed by atoms with Crippen LogP contribution in [0.4, 0.5) is 11.5 Å². The molecule has 5 nitrogen and oxygen atoms in total. The lowest BCUT2D eigenvalue weighted by atomic mass is 9.89. The summed E-state index contributed by atoms with van der Waals surface area (Å²) in [4.78, 5) is 14.4. The molecule has 1 aliphatic carbocycles. The van der Waals surface area contributed by atoms with Crippen molar-refractivity contribution in [2.75, 3.05) is 11.9 Å². The number of pyridine rings is 1. The van der Waals surface area contributed by atoms with Gasteiger partial charge in [-0.05, 0) is 31.2 Å². The zero-order valence-corrected chi connectivity index (χ0v) is 10.9. The van der Waals surface area contributed by atoms with Crippen LogP contribution in [0.15, 0.2) is 12.3 Å². The van der Waals surface area contributed by atoms with Crippen molar-refractivity contribution < 1.29 is 4.92 Å². The van der Waals surface area contributed by atoms with E-state index in [0.717, 1.165) is 12.4 Å². The standard InChI is InChI=1S/C13H19N3O2/c1-10-7-12(14-8-11(10)16(17)18)15-9-13(2)5-3-4-6-13/h7-8H,3-6,9H2,1-2H3,(H,14,15). The van der Waals surface area contributed by atoms with E-state index in [4.69, 9.17) is 0 Å². The van der Waals surface area contributed by atoms with Gasteiger partial charge in [0.15, 0.2) is 0 Å². The Bertz CT molecular complexity index is 454. The van der Waals surface area contributed by atoms with Gasteiger partial charge in [0, 0.05) is 12.1 Å². The fraction of sp³-hybridized carbons (Fsp3) is 0.615. The number of nitrogens with one attached hydrogen (secondary N) is 1. The van der Waals surface area contributed by atoms with Crippen LogP contribution in [-0.4, -0.2) is 16.5 Å².